The van der Waals surface area contributed by atoms with E-state index in [-0.39, 0.29) is 18.5 Å². The molecule has 0 spiro atoms. The number of urea groups is 1. The van der Waals surface area contributed by atoms with E-state index >= 15 is 0 Å². The van der Waals surface area contributed by atoms with Crippen molar-refractivity contribution in [1.82, 2.24) is 20.7 Å². The highest BCUT2D eigenvalue weighted by Gasteiger charge is 2.40. The summed E-state index contributed by atoms with van der Waals surface area (Å²) in [7, 11) is 0. The Morgan fingerprint density at radius 2 is 1.95 bits per heavy atom. The van der Waals surface area contributed by atoms with Crippen molar-refractivity contribution in [2.75, 3.05) is 19.6 Å². The van der Waals surface area contributed by atoms with E-state index in [1.807, 2.05) is 0 Å². The predicted molar refractivity (Wildman–Crippen MR) is 65.0 cm³/mol. The van der Waals surface area contributed by atoms with Crippen LogP contribution in [0.15, 0.2) is 0 Å². The van der Waals surface area contributed by atoms with Crippen molar-refractivity contribution < 1.29 is 19.1 Å². The molecule has 2 N–H and O–H groups in total. The van der Waals surface area contributed by atoms with Gasteiger partial charge in [-0.15, -0.1) is 0 Å². The van der Waals surface area contributed by atoms with E-state index in [9.17, 15) is 14.4 Å². The summed E-state index contributed by atoms with van der Waals surface area (Å²) in [5.74, 6) is -0.326. The number of piperazine rings is 1. The molecule has 1 unspecified atom stereocenters. The van der Waals surface area contributed by atoms with Crippen molar-refractivity contribution in [3.05, 3.63) is 0 Å². The van der Waals surface area contributed by atoms with E-state index in [1.54, 1.807) is 20.8 Å². The minimum Gasteiger partial charge on any atom is -0.444 e. The highest BCUT2D eigenvalue weighted by molar-refractivity contribution is 5.92. The van der Waals surface area contributed by atoms with Gasteiger partial charge in [0.1, 0.15) is 11.6 Å². The van der Waals surface area contributed by atoms with E-state index in [4.69, 9.17) is 4.74 Å². The van der Waals surface area contributed by atoms with Gasteiger partial charge in [0.2, 0.25) is 0 Å². The highest BCUT2D eigenvalue weighted by Crippen LogP contribution is 2.16. The van der Waals surface area contributed by atoms with Crippen LogP contribution in [0.4, 0.5) is 9.59 Å². The fourth-order valence-corrected chi connectivity index (χ4v) is 2.01. The van der Waals surface area contributed by atoms with Gasteiger partial charge in [-0.1, -0.05) is 0 Å². The van der Waals surface area contributed by atoms with Gasteiger partial charge < -0.3 is 14.5 Å². The summed E-state index contributed by atoms with van der Waals surface area (Å²) in [5, 5.41) is 0. The molecule has 2 aliphatic heterocycles. The van der Waals surface area contributed by atoms with E-state index in [1.165, 1.54) is 9.80 Å². The Kier molecular flexibility index (Phi) is 3.25. The summed E-state index contributed by atoms with van der Waals surface area (Å²) in [5.41, 5.74) is 3.96. The molecule has 2 rings (SSSR count). The largest absolute Gasteiger partial charge is 0.444 e. The summed E-state index contributed by atoms with van der Waals surface area (Å²) in [6, 6.07) is -1.01. The molecule has 2 aliphatic rings. The van der Waals surface area contributed by atoms with Crippen molar-refractivity contribution in [1.29, 1.82) is 0 Å². The molecule has 8 heteroatoms. The molecule has 0 aromatic heterocycles. The molecule has 0 aromatic rings. The molecule has 0 bridgehead atoms. The van der Waals surface area contributed by atoms with Crippen LogP contribution < -0.4 is 10.9 Å². The Bertz CT molecular complexity index is 417. The van der Waals surface area contributed by atoms with Crippen molar-refractivity contribution in [2.45, 2.75) is 32.4 Å². The standard InChI is InChI=1S/C11H18N4O4/c1-11(2,3)19-10(18)14-4-5-15-7(6-14)8(16)12-13-9(15)17/h7H,4-6H2,1-3H3,(H,12,16)(H,13,17). The quantitative estimate of drug-likeness (QED) is 0.630. The lowest BCUT2D eigenvalue weighted by Gasteiger charge is -2.42. The molecule has 8 nitrogen and oxygen atoms in total. The number of hydrazine groups is 1. The third-order valence-electron chi connectivity index (χ3n) is 2.89. The van der Waals surface area contributed by atoms with Crippen molar-refractivity contribution in [2.24, 2.45) is 0 Å². The molecule has 2 saturated heterocycles. The second-order valence-corrected chi connectivity index (χ2v) is 5.55. The fourth-order valence-electron chi connectivity index (χ4n) is 2.01. The number of rotatable bonds is 0. The van der Waals surface area contributed by atoms with Crippen molar-refractivity contribution >= 4 is 18.0 Å². The minimum absolute atomic E-state index is 0.147. The molecule has 2 fully saturated rings. The monoisotopic (exact) mass is 270 g/mol. The van der Waals surface area contributed by atoms with Gasteiger partial charge in [-0.2, -0.15) is 0 Å². The summed E-state index contributed by atoms with van der Waals surface area (Å²) < 4.78 is 5.26. The summed E-state index contributed by atoms with van der Waals surface area (Å²) >= 11 is 0. The van der Waals surface area contributed by atoms with Crippen LogP contribution in [-0.4, -0.2) is 59.1 Å². The van der Waals surface area contributed by atoms with Gasteiger partial charge >= 0.3 is 12.1 Å². The average molecular weight is 270 g/mol. The van der Waals surface area contributed by atoms with Crippen LogP contribution >= 0.6 is 0 Å². The maximum Gasteiger partial charge on any atom is 0.410 e. The summed E-state index contributed by atoms with van der Waals surface area (Å²) in [6.07, 6.45) is -0.467. The molecule has 19 heavy (non-hydrogen) atoms. The van der Waals surface area contributed by atoms with Gasteiger partial charge in [0.25, 0.3) is 5.91 Å². The first kappa shape index (κ1) is 13.4. The van der Waals surface area contributed by atoms with Crippen LogP contribution in [0.25, 0.3) is 0 Å². The van der Waals surface area contributed by atoms with Crippen LogP contribution in [0.3, 0.4) is 0 Å². The van der Waals surface area contributed by atoms with Gasteiger partial charge in [0, 0.05) is 13.1 Å². The molecule has 0 radical (unpaired) electrons. The molecular formula is C11H18N4O4. The topological polar surface area (TPSA) is 91.0 Å². The summed E-state index contributed by atoms with van der Waals surface area (Å²) in [6.45, 7) is 6.15. The zero-order valence-electron chi connectivity index (χ0n) is 11.2. The number of amides is 4. The van der Waals surface area contributed by atoms with E-state index in [2.05, 4.69) is 10.9 Å². The van der Waals surface area contributed by atoms with Crippen molar-refractivity contribution in [3.8, 4) is 0 Å². The second-order valence-electron chi connectivity index (χ2n) is 5.55. The molecule has 2 heterocycles. The predicted octanol–water partition coefficient (Wildman–Crippen LogP) is -0.338. The lowest BCUT2D eigenvalue weighted by atomic mass is 10.1. The third-order valence-corrected chi connectivity index (χ3v) is 2.89. The van der Waals surface area contributed by atoms with Gasteiger partial charge in [0.05, 0.1) is 6.54 Å². The number of nitrogens with one attached hydrogen (secondary N) is 2. The molecule has 0 saturated carbocycles. The maximum absolute atomic E-state index is 11.9. The Labute approximate surface area is 111 Å². The van der Waals surface area contributed by atoms with Gasteiger partial charge in [-0.25, -0.2) is 15.0 Å². The number of nitrogens with zero attached hydrogens (tertiary/aromatic N) is 2. The van der Waals surface area contributed by atoms with Crippen LogP contribution in [0.5, 0.6) is 0 Å². The van der Waals surface area contributed by atoms with Crippen LogP contribution in [0.2, 0.25) is 0 Å². The number of ether oxygens (including phenoxy) is 1. The smallest absolute Gasteiger partial charge is 0.410 e. The van der Waals surface area contributed by atoms with Gasteiger partial charge in [-0.3, -0.25) is 10.2 Å². The maximum atomic E-state index is 11.9. The third kappa shape index (κ3) is 2.88. The molecular weight excluding hydrogens is 252 g/mol. The fraction of sp³-hybridized carbons (Fsp3) is 0.727. The first-order valence-electron chi connectivity index (χ1n) is 6.12. The second kappa shape index (κ2) is 4.60. The first-order valence-corrected chi connectivity index (χ1v) is 6.12. The SMILES string of the molecule is CC(C)(C)OC(=O)N1CCN2C(=O)NNC(=O)C2C1. The normalized spacial score (nSPS) is 23.4. The lowest BCUT2D eigenvalue weighted by Crippen LogP contribution is -2.70. The molecule has 4 amide bonds. The number of fused-ring (bicyclic) bond motifs is 1. The van der Waals surface area contributed by atoms with E-state index in [0.29, 0.717) is 13.1 Å². The molecule has 106 valence electrons. The Morgan fingerprint density at radius 3 is 2.58 bits per heavy atom. The van der Waals surface area contributed by atoms with Gasteiger partial charge in [0.15, 0.2) is 0 Å². The van der Waals surface area contributed by atoms with Crippen LogP contribution in [0, 0.1) is 0 Å². The average Bonchev–Trinajstić information content (AvgIpc) is 2.31. The Hall–Kier alpha value is -1.99. The zero-order chi connectivity index (χ0) is 14.2. The highest BCUT2D eigenvalue weighted by atomic mass is 16.6. The molecule has 0 aromatic carbocycles. The molecule has 0 aliphatic carbocycles. The molecule has 1 atom stereocenters. The van der Waals surface area contributed by atoms with Crippen LogP contribution in [-0.2, 0) is 9.53 Å². The number of carbonyl (C=O) groups is 3. The first-order chi connectivity index (χ1) is 8.78. The Morgan fingerprint density at radius 1 is 1.26 bits per heavy atom. The zero-order valence-corrected chi connectivity index (χ0v) is 11.2. The number of carbonyl (C=O) groups excluding carboxylic acids is 3. The van der Waals surface area contributed by atoms with Crippen molar-refractivity contribution in [3.63, 3.8) is 0 Å². The lowest BCUT2D eigenvalue weighted by molar-refractivity contribution is -0.130. The Balaban J connectivity index is 2.03. The number of hydrogen-bond acceptors (Lipinski definition) is 4. The summed E-state index contributed by atoms with van der Waals surface area (Å²) in [4.78, 5) is 38.0. The number of hydrogen-bond donors (Lipinski definition) is 2. The minimum atomic E-state index is -0.657. The van der Waals surface area contributed by atoms with Gasteiger partial charge in [-0.05, 0) is 20.8 Å². The van der Waals surface area contributed by atoms with E-state index in [0.717, 1.165) is 0 Å². The van der Waals surface area contributed by atoms with E-state index < -0.39 is 17.7 Å². The van der Waals surface area contributed by atoms with Crippen LogP contribution in [0.1, 0.15) is 20.8 Å².